The Hall–Kier alpha value is -2.22. The minimum absolute atomic E-state index is 0.000283. The zero-order chi connectivity index (χ0) is 14.0. The minimum Gasteiger partial charge on any atom is -0.506 e. The molecular weight excluding hydrogens is 270 g/mol. The van der Waals surface area contributed by atoms with Crippen LogP contribution in [0, 0.1) is 0 Å². The van der Waals surface area contributed by atoms with E-state index in [0.717, 1.165) is 0 Å². The fraction of sp³-hybridized carbons (Fsp3) is 0.182. The second-order valence-electron chi connectivity index (χ2n) is 3.81. The number of anilines is 1. The highest BCUT2D eigenvalue weighted by Crippen LogP contribution is 2.34. The van der Waals surface area contributed by atoms with Crippen LogP contribution in [0.3, 0.4) is 0 Å². The molecule has 0 aliphatic rings. The number of methoxy groups -OCH3 is 1. The lowest BCUT2D eigenvalue weighted by Crippen LogP contribution is -2.13. The summed E-state index contributed by atoms with van der Waals surface area (Å²) in [6.45, 7) is 0. The molecule has 0 aliphatic carbocycles. The van der Waals surface area contributed by atoms with Crippen LogP contribution in [0.2, 0.25) is 0 Å². The van der Waals surface area contributed by atoms with Crippen LogP contribution in [0.5, 0.6) is 11.5 Å². The van der Waals surface area contributed by atoms with E-state index in [1.807, 2.05) is 0 Å². The average Bonchev–Trinajstić information content (AvgIpc) is 2.79. The van der Waals surface area contributed by atoms with Gasteiger partial charge in [0.15, 0.2) is 0 Å². The van der Waals surface area contributed by atoms with E-state index in [2.05, 4.69) is 9.82 Å². The number of aromatic nitrogens is 2. The van der Waals surface area contributed by atoms with Gasteiger partial charge in [0.2, 0.25) is 0 Å². The monoisotopic (exact) mass is 283 g/mol. The lowest BCUT2D eigenvalue weighted by Gasteiger charge is -2.12. The highest BCUT2D eigenvalue weighted by molar-refractivity contribution is 7.92. The lowest BCUT2D eigenvalue weighted by molar-refractivity contribution is 0.411. The largest absolute Gasteiger partial charge is 0.506 e. The van der Waals surface area contributed by atoms with Crippen molar-refractivity contribution in [2.75, 3.05) is 11.8 Å². The van der Waals surface area contributed by atoms with Gasteiger partial charge in [-0.15, -0.1) is 0 Å². The van der Waals surface area contributed by atoms with Crippen molar-refractivity contribution in [3.8, 4) is 11.5 Å². The van der Waals surface area contributed by atoms with Gasteiger partial charge in [0.1, 0.15) is 22.1 Å². The van der Waals surface area contributed by atoms with Gasteiger partial charge < -0.3 is 9.84 Å². The molecule has 0 radical (unpaired) electrons. The molecule has 1 aromatic carbocycles. The van der Waals surface area contributed by atoms with Crippen LogP contribution in [0.1, 0.15) is 0 Å². The number of aromatic hydroxyl groups is 1. The fourth-order valence-corrected chi connectivity index (χ4v) is 2.59. The Kier molecular flexibility index (Phi) is 3.34. The number of phenolic OH excluding ortho intramolecular Hbond substituents is 1. The molecule has 0 saturated heterocycles. The summed E-state index contributed by atoms with van der Waals surface area (Å²) >= 11 is 0. The zero-order valence-electron chi connectivity index (χ0n) is 10.4. The van der Waals surface area contributed by atoms with Crippen molar-refractivity contribution in [1.29, 1.82) is 0 Å². The van der Waals surface area contributed by atoms with E-state index in [-0.39, 0.29) is 22.1 Å². The molecule has 0 aliphatic heterocycles. The predicted molar refractivity (Wildman–Crippen MR) is 68.7 cm³/mol. The van der Waals surface area contributed by atoms with Gasteiger partial charge in [-0.05, 0) is 12.1 Å². The number of nitrogens with one attached hydrogen (secondary N) is 1. The summed E-state index contributed by atoms with van der Waals surface area (Å²) < 4.78 is 32.9. The standard InChI is InChI=1S/C11H13N3O4S/c1-14-7-8(6-12-14)19(16,17)13-11-9(15)4-3-5-10(11)18-2/h3-7,13,15H,1-2H3. The molecule has 0 atom stereocenters. The number of hydrogen-bond donors (Lipinski definition) is 2. The molecule has 102 valence electrons. The van der Waals surface area contributed by atoms with Crippen LogP contribution in [0.4, 0.5) is 5.69 Å². The first kappa shape index (κ1) is 13.2. The van der Waals surface area contributed by atoms with Gasteiger partial charge in [-0.25, -0.2) is 8.42 Å². The van der Waals surface area contributed by atoms with Crippen LogP contribution in [0.15, 0.2) is 35.5 Å². The quantitative estimate of drug-likeness (QED) is 0.814. The number of benzene rings is 1. The van der Waals surface area contributed by atoms with Crippen LogP contribution >= 0.6 is 0 Å². The van der Waals surface area contributed by atoms with Crippen molar-refractivity contribution in [1.82, 2.24) is 9.78 Å². The summed E-state index contributed by atoms with van der Waals surface area (Å²) in [5.41, 5.74) is -0.00569. The van der Waals surface area contributed by atoms with E-state index in [4.69, 9.17) is 4.74 Å². The van der Waals surface area contributed by atoms with Crippen molar-refractivity contribution in [3.05, 3.63) is 30.6 Å². The number of nitrogens with zero attached hydrogens (tertiary/aromatic N) is 2. The van der Waals surface area contributed by atoms with E-state index in [1.54, 1.807) is 19.2 Å². The maximum absolute atomic E-state index is 12.1. The van der Waals surface area contributed by atoms with Crippen LogP contribution in [-0.4, -0.2) is 30.4 Å². The molecule has 0 spiro atoms. The van der Waals surface area contributed by atoms with Crippen molar-refractivity contribution in [3.63, 3.8) is 0 Å². The molecule has 0 fully saturated rings. The first-order chi connectivity index (χ1) is 8.94. The van der Waals surface area contributed by atoms with Gasteiger partial charge in [-0.2, -0.15) is 5.10 Å². The molecule has 2 N–H and O–H groups in total. The van der Waals surface area contributed by atoms with E-state index >= 15 is 0 Å². The number of ether oxygens (including phenoxy) is 1. The third-order valence-electron chi connectivity index (χ3n) is 2.45. The normalized spacial score (nSPS) is 11.3. The molecule has 0 saturated carbocycles. The Morgan fingerprint density at radius 3 is 2.74 bits per heavy atom. The summed E-state index contributed by atoms with van der Waals surface area (Å²) in [4.78, 5) is 0.000283. The topological polar surface area (TPSA) is 93.4 Å². The Morgan fingerprint density at radius 1 is 1.42 bits per heavy atom. The van der Waals surface area contributed by atoms with Gasteiger partial charge in [0.25, 0.3) is 10.0 Å². The zero-order valence-corrected chi connectivity index (χ0v) is 11.2. The number of para-hydroxylation sites is 1. The number of sulfonamides is 1. The molecule has 0 amide bonds. The Morgan fingerprint density at radius 2 is 2.16 bits per heavy atom. The summed E-state index contributed by atoms with van der Waals surface area (Å²) in [5.74, 6) is 0.0132. The summed E-state index contributed by atoms with van der Waals surface area (Å²) in [7, 11) is -0.825. The van der Waals surface area contributed by atoms with Crippen molar-refractivity contribution in [2.24, 2.45) is 7.05 Å². The minimum atomic E-state index is -3.82. The molecule has 1 heterocycles. The molecule has 7 nitrogen and oxygen atoms in total. The summed E-state index contributed by atoms with van der Waals surface area (Å²) in [6.07, 6.45) is 2.57. The summed E-state index contributed by atoms with van der Waals surface area (Å²) in [5, 5.41) is 13.5. The SMILES string of the molecule is COc1cccc(O)c1NS(=O)(=O)c1cnn(C)c1. The number of hydrogen-bond acceptors (Lipinski definition) is 5. The van der Waals surface area contributed by atoms with Crippen molar-refractivity contribution in [2.45, 2.75) is 4.90 Å². The van der Waals surface area contributed by atoms with Crippen LogP contribution in [-0.2, 0) is 17.1 Å². The molecule has 19 heavy (non-hydrogen) atoms. The second-order valence-corrected chi connectivity index (χ2v) is 5.49. The van der Waals surface area contributed by atoms with E-state index in [1.165, 1.54) is 30.3 Å². The Balaban J connectivity index is 2.41. The predicted octanol–water partition coefficient (Wildman–Crippen LogP) is 0.935. The molecule has 0 bridgehead atoms. The average molecular weight is 283 g/mol. The third kappa shape index (κ3) is 2.63. The molecular formula is C11H13N3O4S. The maximum Gasteiger partial charge on any atom is 0.265 e. The van der Waals surface area contributed by atoms with Crippen molar-refractivity contribution < 1.29 is 18.3 Å². The molecule has 0 unspecified atom stereocenters. The van der Waals surface area contributed by atoms with E-state index in [9.17, 15) is 13.5 Å². The van der Waals surface area contributed by atoms with Gasteiger partial charge in [-0.1, -0.05) is 6.07 Å². The first-order valence-electron chi connectivity index (χ1n) is 5.31. The smallest absolute Gasteiger partial charge is 0.265 e. The Labute approximate surface area is 110 Å². The molecule has 2 aromatic rings. The van der Waals surface area contributed by atoms with Gasteiger partial charge in [-0.3, -0.25) is 9.40 Å². The first-order valence-corrected chi connectivity index (χ1v) is 6.80. The van der Waals surface area contributed by atoms with Gasteiger partial charge >= 0.3 is 0 Å². The fourth-order valence-electron chi connectivity index (χ4n) is 1.52. The molecule has 8 heteroatoms. The van der Waals surface area contributed by atoms with Crippen LogP contribution < -0.4 is 9.46 Å². The van der Waals surface area contributed by atoms with Crippen LogP contribution in [0.25, 0.3) is 0 Å². The molecule has 2 rings (SSSR count). The third-order valence-corrected chi connectivity index (χ3v) is 3.76. The van der Waals surface area contributed by atoms with Crippen molar-refractivity contribution >= 4 is 15.7 Å². The maximum atomic E-state index is 12.1. The second kappa shape index (κ2) is 4.81. The number of aryl methyl sites for hydroxylation is 1. The van der Waals surface area contributed by atoms with Gasteiger partial charge in [0.05, 0.1) is 13.3 Å². The highest BCUT2D eigenvalue weighted by Gasteiger charge is 2.20. The lowest BCUT2D eigenvalue weighted by atomic mass is 10.3. The number of phenols is 1. The van der Waals surface area contributed by atoms with E-state index < -0.39 is 10.0 Å². The van der Waals surface area contributed by atoms with E-state index in [0.29, 0.717) is 0 Å². The number of rotatable bonds is 4. The Bertz CT molecular complexity index is 694. The highest BCUT2D eigenvalue weighted by atomic mass is 32.2. The van der Waals surface area contributed by atoms with Gasteiger partial charge in [0, 0.05) is 13.2 Å². The summed E-state index contributed by atoms with van der Waals surface area (Å²) in [6, 6.07) is 4.46. The molecule has 1 aromatic heterocycles.